The number of amides is 1. The number of nitriles is 1. The van der Waals surface area contributed by atoms with E-state index in [1.54, 1.807) is 6.07 Å². The van der Waals surface area contributed by atoms with Crippen LogP contribution >= 0.6 is 0 Å². The Kier molecular flexibility index (Phi) is 7.43. The van der Waals surface area contributed by atoms with Gasteiger partial charge in [0.2, 0.25) is 5.91 Å². The number of aryl methyl sites for hydroxylation is 1. The van der Waals surface area contributed by atoms with Gasteiger partial charge in [-0.1, -0.05) is 17.3 Å². The highest BCUT2D eigenvalue weighted by Gasteiger charge is 2.63. The molecule has 1 aliphatic rings. The highest BCUT2D eigenvalue weighted by molar-refractivity contribution is 7.90. The quantitative estimate of drug-likeness (QED) is 0.446. The normalized spacial score (nSPS) is 17.2. The second-order valence-electron chi connectivity index (χ2n) is 8.49. The van der Waals surface area contributed by atoms with Crippen LogP contribution in [0.15, 0.2) is 34.9 Å². The van der Waals surface area contributed by atoms with Crippen LogP contribution < -0.4 is 10.6 Å². The summed E-state index contributed by atoms with van der Waals surface area (Å²) in [5, 5.41) is 16.8. The Bertz CT molecular complexity index is 1250. The maximum absolute atomic E-state index is 14.6. The van der Waals surface area contributed by atoms with Crippen LogP contribution in [0.5, 0.6) is 0 Å². The number of alkyl halides is 5. The maximum atomic E-state index is 14.6. The van der Waals surface area contributed by atoms with E-state index >= 15 is 0 Å². The highest BCUT2D eigenvalue weighted by atomic mass is 32.2. The van der Waals surface area contributed by atoms with Gasteiger partial charge in [-0.05, 0) is 37.5 Å². The van der Waals surface area contributed by atoms with Crippen molar-refractivity contribution in [3.05, 3.63) is 53.2 Å². The second kappa shape index (κ2) is 9.74. The molecule has 0 unspecified atom stereocenters. The van der Waals surface area contributed by atoms with Crippen molar-refractivity contribution < 1.29 is 44.1 Å². The molecule has 8 nitrogen and oxygen atoms in total. The monoisotopic (exact) mass is 538 g/mol. The lowest BCUT2D eigenvalue weighted by Gasteiger charge is -2.33. The number of hydrogen-bond donors (Lipinski definition) is 2. The first kappa shape index (κ1) is 27.5. The molecule has 1 aromatic carbocycles. The Morgan fingerprint density at radius 1 is 1.22 bits per heavy atom. The molecule has 1 amide bonds. The molecule has 1 saturated carbocycles. The van der Waals surface area contributed by atoms with E-state index < -0.39 is 68.4 Å². The van der Waals surface area contributed by atoms with Crippen LogP contribution in [0, 0.1) is 24.1 Å². The fraction of sp³-hybridized carbons (Fsp3) is 0.476. The third-order valence-electron chi connectivity index (χ3n) is 5.42. The molecule has 1 aliphatic carbocycles. The van der Waals surface area contributed by atoms with Crippen LogP contribution in [0.25, 0.3) is 0 Å². The topological polar surface area (TPSA) is 125 Å². The summed E-state index contributed by atoms with van der Waals surface area (Å²) < 4.78 is 113. The van der Waals surface area contributed by atoms with Crippen molar-refractivity contribution in [3.8, 4) is 6.07 Å². The predicted molar refractivity (Wildman–Crippen MR) is 112 cm³/mol. The smallest absolute Gasteiger partial charge is 0.361 e. The predicted octanol–water partition coefficient (Wildman–Crippen LogP) is 3.11. The molecule has 36 heavy (non-hydrogen) atoms. The Morgan fingerprint density at radius 3 is 2.31 bits per heavy atom. The Morgan fingerprint density at radius 2 is 1.83 bits per heavy atom. The van der Waals surface area contributed by atoms with Gasteiger partial charge in [-0.3, -0.25) is 10.1 Å². The van der Waals surface area contributed by atoms with Gasteiger partial charge < -0.3 is 9.84 Å². The molecule has 1 aromatic heterocycles. The summed E-state index contributed by atoms with van der Waals surface area (Å²) in [5.74, 6) is -9.42. The van der Waals surface area contributed by atoms with Gasteiger partial charge in [0.1, 0.15) is 29.2 Å². The summed E-state index contributed by atoms with van der Waals surface area (Å²) >= 11 is 0. The molecule has 0 spiro atoms. The lowest BCUT2D eigenvalue weighted by Crippen LogP contribution is -2.57. The number of benzene rings is 1. The minimum Gasteiger partial charge on any atom is -0.361 e. The van der Waals surface area contributed by atoms with E-state index in [2.05, 4.69) is 10.5 Å². The zero-order chi connectivity index (χ0) is 26.9. The molecule has 196 valence electrons. The molecule has 0 radical (unpaired) electrons. The number of aromatic nitrogens is 1. The van der Waals surface area contributed by atoms with Gasteiger partial charge in [-0.25, -0.2) is 12.8 Å². The number of halogens is 6. The van der Waals surface area contributed by atoms with Crippen molar-refractivity contribution in [1.29, 1.82) is 5.26 Å². The average molecular weight is 538 g/mol. The first-order chi connectivity index (χ1) is 16.6. The van der Waals surface area contributed by atoms with Crippen molar-refractivity contribution in [2.45, 2.75) is 55.2 Å². The van der Waals surface area contributed by atoms with E-state index in [0.717, 1.165) is 0 Å². The number of rotatable bonds is 10. The summed E-state index contributed by atoms with van der Waals surface area (Å²) in [5.41, 5.74) is -2.19. The lowest BCUT2D eigenvalue weighted by atomic mass is 9.98. The van der Waals surface area contributed by atoms with Crippen LogP contribution in [0.4, 0.5) is 26.3 Å². The first-order valence-electron chi connectivity index (χ1n) is 10.4. The molecular formula is C21H20F6N4O4S. The number of nitrogens with one attached hydrogen (secondary N) is 2. The van der Waals surface area contributed by atoms with Crippen molar-refractivity contribution in [2.24, 2.45) is 0 Å². The van der Waals surface area contributed by atoms with Crippen LogP contribution in [0.2, 0.25) is 0 Å². The molecule has 15 heteroatoms. The summed E-state index contributed by atoms with van der Waals surface area (Å²) in [4.78, 5) is 12.9. The van der Waals surface area contributed by atoms with E-state index in [9.17, 15) is 44.8 Å². The second-order valence-corrected chi connectivity index (χ2v) is 10.6. The van der Waals surface area contributed by atoms with Crippen LogP contribution in [-0.4, -0.2) is 48.9 Å². The fourth-order valence-electron chi connectivity index (χ4n) is 3.37. The molecular weight excluding hydrogens is 518 g/mol. The summed E-state index contributed by atoms with van der Waals surface area (Å²) in [6.45, 7) is 1.48. The first-order valence-corrected chi connectivity index (χ1v) is 12.2. The summed E-state index contributed by atoms with van der Waals surface area (Å²) in [6, 6.07) is 0.559. The van der Waals surface area contributed by atoms with Crippen molar-refractivity contribution in [1.82, 2.24) is 15.8 Å². The number of hydrogen-bond acceptors (Lipinski definition) is 7. The molecule has 2 atom stereocenters. The van der Waals surface area contributed by atoms with E-state index in [1.807, 2.05) is 5.32 Å². The zero-order valence-electron chi connectivity index (χ0n) is 18.6. The van der Waals surface area contributed by atoms with E-state index in [-0.39, 0.29) is 24.3 Å². The van der Waals surface area contributed by atoms with Gasteiger partial charge in [-0.2, -0.15) is 27.2 Å². The highest BCUT2D eigenvalue weighted by Crippen LogP contribution is 2.45. The summed E-state index contributed by atoms with van der Waals surface area (Å²) in [7, 11) is -4.34. The zero-order valence-corrected chi connectivity index (χ0v) is 19.4. The molecule has 2 aromatic rings. The van der Waals surface area contributed by atoms with Gasteiger partial charge >= 0.3 is 12.1 Å². The van der Waals surface area contributed by atoms with Crippen LogP contribution in [-0.2, 0) is 20.4 Å². The molecule has 0 aliphatic heterocycles. The summed E-state index contributed by atoms with van der Waals surface area (Å²) in [6.07, 6.45) is -5.73. The lowest BCUT2D eigenvalue weighted by molar-refractivity contribution is -0.294. The number of carbonyl (C=O) groups excluding carboxylic acids is 1. The van der Waals surface area contributed by atoms with E-state index in [0.29, 0.717) is 24.3 Å². The fourth-order valence-corrected chi connectivity index (χ4v) is 4.83. The molecule has 2 N–H and O–H groups in total. The van der Waals surface area contributed by atoms with Gasteiger partial charge in [0.15, 0.2) is 9.84 Å². The van der Waals surface area contributed by atoms with Crippen molar-refractivity contribution in [2.75, 3.05) is 5.75 Å². The van der Waals surface area contributed by atoms with Gasteiger partial charge in [-0.15, -0.1) is 0 Å². The third kappa shape index (κ3) is 6.35. The van der Waals surface area contributed by atoms with Gasteiger partial charge in [0.25, 0.3) is 0 Å². The number of sulfone groups is 1. The molecule has 0 bridgehead atoms. The Balaban J connectivity index is 1.97. The average Bonchev–Trinajstić information content (AvgIpc) is 3.43. The number of nitrogens with zero attached hydrogens (tertiary/aromatic N) is 2. The van der Waals surface area contributed by atoms with E-state index in [1.165, 1.54) is 13.0 Å². The minimum atomic E-state index is -6.11. The van der Waals surface area contributed by atoms with E-state index in [4.69, 9.17) is 4.52 Å². The van der Waals surface area contributed by atoms with Crippen molar-refractivity contribution >= 4 is 15.7 Å². The van der Waals surface area contributed by atoms with Gasteiger partial charge in [0.05, 0.1) is 23.3 Å². The van der Waals surface area contributed by atoms with Crippen LogP contribution in [0.3, 0.4) is 0 Å². The molecule has 1 heterocycles. The van der Waals surface area contributed by atoms with Gasteiger partial charge in [0, 0.05) is 6.07 Å². The Labute approximate surface area is 201 Å². The molecule has 3 rings (SSSR count). The standard InChI is InChI=1S/C21H20F6N4O4S/c1-12-8-15(31-35-12)9-36(33,34)10-16(18(32)30-19(11-28)6-7-19)29-17(20(23,24)21(25,26)27)13-2-4-14(22)5-3-13/h2-5,8,16-17,29H,6-7,9-10H2,1H3,(H,30,32)/t16-,17-/m0/s1. The van der Waals surface area contributed by atoms with Crippen molar-refractivity contribution in [3.63, 3.8) is 0 Å². The minimum absolute atomic E-state index is 0.0712. The largest absolute Gasteiger partial charge is 0.455 e. The van der Waals surface area contributed by atoms with Crippen LogP contribution in [0.1, 0.15) is 35.9 Å². The molecule has 1 fully saturated rings. The molecule has 0 saturated heterocycles. The maximum Gasteiger partial charge on any atom is 0.455 e. The number of carbonyl (C=O) groups is 1. The SMILES string of the molecule is Cc1cc(CS(=O)(=O)C[C@H](N[C@@H](c2ccc(F)cc2)C(F)(F)C(F)(F)F)C(=O)NC2(C#N)CC2)no1. The Hall–Kier alpha value is -3.12. The third-order valence-corrected chi connectivity index (χ3v) is 7.00.